The molecule has 2 aromatic heterocycles. The number of allylic oxidation sites excluding steroid dienone is 1. The molecule has 0 bridgehead atoms. The second-order valence-corrected chi connectivity index (χ2v) is 5.39. The van der Waals surface area contributed by atoms with Crippen molar-refractivity contribution < 1.29 is 4.39 Å². The highest BCUT2D eigenvalue weighted by Crippen LogP contribution is 2.31. The maximum atomic E-state index is 13.1. The quantitative estimate of drug-likeness (QED) is 0.676. The van der Waals surface area contributed by atoms with Crippen molar-refractivity contribution in [1.29, 1.82) is 0 Å². The molecular formula is C17H14FN3. The van der Waals surface area contributed by atoms with Crippen molar-refractivity contribution in [2.75, 3.05) is 0 Å². The minimum atomic E-state index is -0.253. The Hall–Kier alpha value is -2.49. The molecule has 0 saturated heterocycles. The van der Waals surface area contributed by atoms with Crippen LogP contribution in [0.2, 0.25) is 0 Å². The zero-order valence-electron chi connectivity index (χ0n) is 11.5. The Bertz CT molecular complexity index is 846. The van der Waals surface area contributed by atoms with E-state index in [2.05, 4.69) is 17.7 Å². The lowest BCUT2D eigenvalue weighted by Crippen LogP contribution is -2.06. The summed E-state index contributed by atoms with van der Waals surface area (Å²) in [5, 5.41) is 5.38. The third-order valence-electron chi connectivity index (χ3n) is 3.97. The molecule has 1 aliphatic rings. The van der Waals surface area contributed by atoms with Gasteiger partial charge in [-0.2, -0.15) is 5.10 Å². The average Bonchev–Trinajstić information content (AvgIpc) is 2.90. The van der Waals surface area contributed by atoms with Crippen LogP contribution < -0.4 is 0 Å². The lowest BCUT2D eigenvalue weighted by Gasteiger charge is -2.17. The first-order chi connectivity index (χ1) is 10.2. The van der Waals surface area contributed by atoms with Gasteiger partial charge in [0.2, 0.25) is 0 Å². The maximum absolute atomic E-state index is 13.1. The van der Waals surface area contributed by atoms with Crippen molar-refractivity contribution >= 4 is 16.6 Å². The molecule has 0 amide bonds. The van der Waals surface area contributed by atoms with Crippen LogP contribution in [0.5, 0.6) is 0 Å². The third kappa shape index (κ3) is 1.95. The number of fused-ring (bicyclic) bond motifs is 2. The molecule has 1 aliphatic carbocycles. The van der Waals surface area contributed by atoms with Gasteiger partial charge in [-0.25, -0.2) is 14.1 Å². The highest BCUT2D eigenvalue weighted by molar-refractivity contribution is 5.82. The maximum Gasteiger partial charge on any atom is 0.163 e. The average molecular weight is 279 g/mol. The number of rotatable bonds is 1. The van der Waals surface area contributed by atoms with Gasteiger partial charge < -0.3 is 0 Å². The molecule has 0 N–H and O–H groups in total. The van der Waals surface area contributed by atoms with Crippen LogP contribution >= 0.6 is 0 Å². The lowest BCUT2D eigenvalue weighted by atomic mass is 9.91. The summed E-state index contributed by atoms with van der Waals surface area (Å²) in [5.74, 6) is -0.253. The summed E-state index contributed by atoms with van der Waals surface area (Å²) in [6.45, 7) is 4.13. The largest absolute Gasteiger partial charge is 0.232 e. The number of benzene rings is 1. The van der Waals surface area contributed by atoms with Crippen molar-refractivity contribution in [3.63, 3.8) is 0 Å². The fraction of sp³-hybridized carbons (Fsp3) is 0.176. The molecule has 0 atom stereocenters. The monoisotopic (exact) mass is 279 g/mol. The first-order valence-electron chi connectivity index (χ1n) is 7.04. The van der Waals surface area contributed by atoms with E-state index in [1.807, 2.05) is 0 Å². The predicted octanol–water partition coefficient (Wildman–Crippen LogP) is 3.91. The molecule has 0 unspecified atom stereocenters. The Morgan fingerprint density at radius 3 is 2.76 bits per heavy atom. The summed E-state index contributed by atoms with van der Waals surface area (Å²) in [5.41, 5.74) is 5.03. The van der Waals surface area contributed by atoms with Crippen molar-refractivity contribution in [1.82, 2.24) is 14.8 Å². The van der Waals surface area contributed by atoms with Crippen LogP contribution in [0.3, 0.4) is 0 Å². The van der Waals surface area contributed by atoms with Gasteiger partial charge in [-0.3, -0.25) is 0 Å². The summed E-state index contributed by atoms with van der Waals surface area (Å²) in [6.07, 6.45) is 4.90. The van der Waals surface area contributed by atoms with Gasteiger partial charge in [-0.1, -0.05) is 6.58 Å². The number of pyridine rings is 1. The van der Waals surface area contributed by atoms with E-state index in [0.717, 1.165) is 52.8 Å². The summed E-state index contributed by atoms with van der Waals surface area (Å²) in [7, 11) is 0. The van der Waals surface area contributed by atoms with Crippen LogP contribution in [0.25, 0.3) is 22.3 Å². The van der Waals surface area contributed by atoms with Crippen molar-refractivity contribution in [2.24, 2.45) is 0 Å². The fourth-order valence-corrected chi connectivity index (χ4v) is 2.87. The number of hydrogen-bond donors (Lipinski definition) is 0. The number of halogens is 1. The Labute approximate surface area is 121 Å². The van der Waals surface area contributed by atoms with E-state index < -0.39 is 0 Å². The first kappa shape index (κ1) is 12.3. The van der Waals surface area contributed by atoms with E-state index in [1.54, 1.807) is 23.0 Å². The molecular weight excluding hydrogens is 265 g/mol. The molecule has 0 spiro atoms. The standard InChI is InChI=1S/C17H14FN3/c1-11-3-2-4-16-15(11)9-12-10-19-21(17(12)20-16)14-7-5-13(18)6-8-14/h5-10H,1-4H2. The summed E-state index contributed by atoms with van der Waals surface area (Å²) in [4.78, 5) is 4.77. The van der Waals surface area contributed by atoms with Gasteiger partial charge in [0.1, 0.15) is 5.82 Å². The molecule has 3 nitrogen and oxygen atoms in total. The van der Waals surface area contributed by atoms with E-state index in [4.69, 9.17) is 4.98 Å². The topological polar surface area (TPSA) is 30.7 Å². The molecule has 2 heterocycles. The Kier molecular flexibility index (Phi) is 2.64. The molecule has 0 radical (unpaired) electrons. The number of hydrogen-bond acceptors (Lipinski definition) is 2. The van der Waals surface area contributed by atoms with Crippen LogP contribution in [-0.2, 0) is 6.42 Å². The highest BCUT2D eigenvalue weighted by atomic mass is 19.1. The van der Waals surface area contributed by atoms with Gasteiger partial charge in [0.05, 0.1) is 17.6 Å². The van der Waals surface area contributed by atoms with Crippen LogP contribution in [0.15, 0.2) is 43.1 Å². The van der Waals surface area contributed by atoms with Gasteiger partial charge in [0.15, 0.2) is 5.65 Å². The molecule has 0 fully saturated rings. The smallest absolute Gasteiger partial charge is 0.163 e. The van der Waals surface area contributed by atoms with Gasteiger partial charge in [-0.15, -0.1) is 0 Å². The fourth-order valence-electron chi connectivity index (χ4n) is 2.87. The zero-order valence-corrected chi connectivity index (χ0v) is 11.5. The molecule has 1 aromatic carbocycles. The summed E-state index contributed by atoms with van der Waals surface area (Å²) in [6, 6.07) is 8.40. The van der Waals surface area contributed by atoms with Crippen LogP contribution in [-0.4, -0.2) is 14.8 Å². The van der Waals surface area contributed by atoms with E-state index in [9.17, 15) is 4.39 Å². The van der Waals surface area contributed by atoms with E-state index in [1.165, 1.54) is 12.1 Å². The highest BCUT2D eigenvalue weighted by Gasteiger charge is 2.17. The molecule has 0 aliphatic heterocycles. The molecule has 0 saturated carbocycles. The van der Waals surface area contributed by atoms with E-state index in [0.29, 0.717) is 0 Å². The Morgan fingerprint density at radius 2 is 1.95 bits per heavy atom. The molecule has 21 heavy (non-hydrogen) atoms. The minimum Gasteiger partial charge on any atom is -0.232 e. The van der Waals surface area contributed by atoms with Crippen LogP contribution in [0, 0.1) is 5.82 Å². The normalized spacial score (nSPS) is 14.4. The molecule has 4 heteroatoms. The van der Waals surface area contributed by atoms with Crippen LogP contribution in [0.1, 0.15) is 24.1 Å². The molecule has 4 rings (SSSR count). The van der Waals surface area contributed by atoms with Crippen molar-refractivity contribution in [3.05, 3.63) is 60.2 Å². The zero-order chi connectivity index (χ0) is 14.4. The second-order valence-electron chi connectivity index (χ2n) is 5.39. The third-order valence-corrected chi connectivity index (χ3v) is 3.97. The SMILES string of the molecule is C=C1CCCc2nc3c(cnn3-c3ccc(F)cc3)cc21. The summed E-state index contributed by atoms with van der Waals surface area (Å²) < 4.78 is 14.8. The van der Waals surface area contributed by atoms with Gasteiger partial charge >= 0.3 is 0 Å². The number of aromatic nitrogens is 3. The lowest BCUT2D eigenvalue weighted by molar-refractivity contribution is 0.627. The number of aryl methyl sites for hydroxylation is 1. The van der Waals surface area contributed by atoms with E-state index >= 15 is 0 Å². The first-order valence-corrected chi connectivity index (χ1v) is 7.04. The van der Waals surface area contributed by atoms with Crippen LogP contribution in [0.4, 0.5) is 4.39 Å². The van der Waals surface area contributed by atoms with Gasteiger partial charge in [-0.05, 0) is 60.7 Å². The van der Waals surface area contributed by atoms with Gasteiger partial charge in [0.25, 0.3) is 0 Å². The van der Waals surface area contributed by atoms with Crippen molar-refractivity contribution in [2.45, 2.75) is 19.3 Å². The number of nitrogens with zero attached hydrogens (tertiary/aromatic N) is 3. The summed E-state index contributed by atoms with van der Waals surface area (Å²) >= 11 is 0. The molecule has 3 aromatic rings. The second kappa shape index (κ2) is 4.52. The van der Waals surface area contributed by atoms with Gasteiger partial charge in [0, 0.05) is 5.39 Å². The Morgan fingerprint density at radius 1 is 1.14 bits per heavy atom. The minimum absolute atomic E-state index is 0.253. The molecule has 104 valence electrons. The predicted molar refractivity (Wildman–Crippen MR) is 80.8 cm³/mol. The van der Waals surface area contributed by atoms with E-state index in [-0.39, 0.29) is 5.82 Å². The Balaban J connectivity index is 1.92. The van der Waals surface area contributed by atoms with Crippen molar-refractivity contribution in [3.8, 4) is 5.69 Å².